The number of carbonyl (C=O) groups excluding carboxylic acids is 1. The zero-order chi connectivity index (χ0) is 12.9. The van der Waals surface area contributed by atoms with Gasteiger partial charge in [0.25, 0.3) is 10.1 Å². The van der Waals surface area contributed by atoms with Crippen molar-refractivity contribution in [2.45, 2.75) is 24.1 Å². The fraction of sp³-hybridized carbons (Fsp3) is 0.714. The number of ketones is 1. The third-order valence-corrected chi connectivity index (χ3v) is 3.07. The lowest BCUT2D eigenvalue weighted by Gasteiger charge is -2.15. The lowest BCUT2D eigenvalue weighted by Crippen LogP contribution is -2.46. The van der Waals surface area contributed by atoms with Crippen LogP contribution in [-0.4, -0.2) is 47.7 Å². The molecule has 0 aliphatic heterocycles. The smallest absolute Gasteiger partial charge is 0.303 e. The van der Waals surface area contributed by atoms with E-state index >= 15 is 0 Å². The van der Waals surface area contributed by atoms with Crippen molar-refractivity contribution >= 4 is 21.9 Å². The largest absolute Gasteiger partial charge is 0.481 e. The molecule has 0 heterocycles. The summed E-state index contributed by atoms with van der Waals surface area (Å²) < 4.78 is 30.1. The molecular formula is C7H14N2O6S. The molecule has 0 aromatic carbocycles. The van der Waals surface area contributed by atoms with Crippen molar-refractivity contribution in [2.75, 3.05) is 6.54 Å². The van der Waals surface area contributed by atoms with Crippen LogP contribution >= 0.6 is 0 Å². The zero-order valence-electron chi connectivity index (χ0n) is 8.37. The quantitative estimate of drug-likeness (QED) is 0.378. The van der Waals surface area contributed by atoms with Gasteiger partial charge in [0.2, 0.25) is 0 Å². The molecule has 0 aromatic heterocycles. The first-order valence-electron chi connectivity index (χ1n) is 4.37. The molecule has 0 amide bonds. The van der Waals surface area contributed by atoms with Gasteiger partial charge in [-0.1, -0.05) is 0 Å². The highest BCUT2D eigenvalue weighted by Crippen LogP contribution is 2.05. The number of Topliss-reactive ketones (excluding diaryl/α,β-unsaturated/α-hetero) is 1. The maximum absolute atomic E-state index is 11.4. The van der Waals surface area contributed by atoms with E-state index in [1.165, 1.54) is 0 Å². The van der Waals surface area contributed by atoms with E-state index in [1.54, 1.807) is 0 Å². The summed E-state index contributed by atoms with van der Waals surface area (Å²) in [5.41, 5.74) is 10.3. The summed E-state index contributed by atoms with van der Waals surface area (Å²) in [4.78, 5) is 21.6. The van der Waals surface area contributed by atoms with Crippen LogP contribution < -0.4 is 11.5 Å². The minimum atomic E-state index is -4.60. The van der Waals surface area contributed by atoms with Crippen molar-refractivity contribution in [2.24, 2.45) is 11.5 Å². The SMILES string of the molecule is NCC(C(=O)[C@H](N)CCC(=O)O)S(=O)(=O)O. The highest BCUT2D eigenvalue weighted by Gasteiger charge is 2.33. The first-order valence-corrected chi connectivity index (χ1v) is 5.88. The molecule has 2 atom stereocenters. The average molecular weight is 254 g/mol. The number of carbonyl (C=O) groups is 2. The Kier molecular flexibility index (Phi) is 5.51. The number of rotatable bonds is 7. The Bertz CT molecular complexity index is 365. The lowest BCUT2D eigenvalue weighted by atomic mass is 10.1. The number of hydrogen-bond donors (Lipinski definition) is 4. The van der Waals surface area contributed by atoms with E-state index in [9.17, 15) is 18.0 Å². The molecule has 0 radical (unpaired) electrons. The monoisotopic (exact) mass is 254 g/mol. The normalized spacial score (nSPS) is 15.4. The highest BCUT2D eigenvalue weighted by atomic mass is 32.2. The van der Waals surface area contributed by atoms with Crippen molar-refractivity contribution < 1.29 is 27.7 Å². The van der Waals surface area contributed by atoms with Gasteiger partial charge in [0.15, 0.2) is 11.0 Å². The van der Waals surface area contributed by atoms with E-state index in [4.69, 9.17) is 21.1 Å². The fourth-order valence-corrected chi connectivity index (χ4v) is 1.76. The Morgan fingerprint density at radius 1 is 1.31 bits per heavy atom. The third kappa shape index (κ3) is 4.66. The Morgan fingerprint density at radius 3 is 2.12 bits per heavy atom. The summed E-state index contributed by atoms with van der Waals surface area (Å²) in [6.07, 6.45) is -0.574. The molecule has 16 heavy (non-hydrogen) atoms. The number of carboxylic acid groups (broad SMARTS) is 1. The average Bonchev–Trinajstić information content (AvgIpc) is 2.12. The van der Waals surface area contributed by atoms with Crippen LogP contribution in [0.1, 0.15) is 12.8 Å². The molecule has 0 aromatic rings. The molecule has 1 unspecified atom stereocenters. The van der Waals surface area contributed by atoms with Crippen molar-refractivity contribution in [3.63, 3.8) is 0 Å². The summed E-state index contributed by atoms with van der Waals surface area (Å²) in [5, 5.41) is 6.55. The predicted octanol–water partition coefficient (Wildman–Crippen LogP) is -2.04. The molecule has 6 N–H and O–H groups in total. The first-order chi connectivity index (χ1) is 7.20. The number of nitrogens with two attached hydrogens (primary N) is 2. The van der Waals surface area contributed by atoms with Crippen molar-refractivity contribution in [3.05, 3.63) is 0 Å². The van der Waals surface area contributed by atoms with Gasteiger partial charge in [-0.05, 0) is 6.42 Å². The van der Waals surface area contributed by atoms with Crippen LogP contribution in [0.3, 0.4) is 0 Å². The van der Waals surface area contributed by atoms with Crippen LogP contribution in [0.25, 0.3) is 0 Å². The van der Waals surface area contributed by atoms with Crippen LogP contribution in [-0.2, 0) is 19.7 Å². The molecule has 8 nitrogen and oxygen atoms in total. The molecule has 0 rings (SSSR count). The van der Waals surface area contributed by atoms with Crippen LogP contribution in [0.4, 0.5) is 0 Å². The van der Waals surface area contributed by atoms with Gasteiger partial charge in [-0.2, -0.15) is 8.42 Å². The number of aliphatic carboxylic acids is 1. The van der Waals surface area contributed by atoms with Gasteiger partial charge < -0.3 is 16.6 Å². The van der Waals surface area contributed by atoms with Gasteiger partial charge in [-0.25, -0.2) is 0 Å². The summed E-state index contributed by atoms with van der Waals surface area (Å²) in [7, 11) is -4.60. The zero-order valence-corrected chi connectivity index (χ0v) is 9.18. The highest BCUT2D eigenvalue weighted by molar-refractivity contribution is 7.87. The van der Waals surface area contributed by atoms with Crippen molar-refractivity contribution in [1.29, 1.82) is 0 Å². The van der Waals surface area contributed by atoms with Crippen LogP contribution in [0.15, 0.2) is 0 Å². The molecule has 0 aliphatic carbocycles. The third-order valence-electron chi connectivity index (χ3n) is 1.93. The number of carboxylic acids is 1. The molecule has 0 aliphatic rings. The van der Waals surface area contributed by atoms with E-state index in [0.717, 1.165) is 0 Å². The van der Waals surface area contributed by atoms with E-state index < -0.39 is 39.7 Å². The number of hydrogen-bond acceptors (Lipinski definition) is 6. The lowest BCUT2D eigenvalue weighted by molar-refractivity contribution is -0.137. The van der Waals surface area contributed by atoms with Crippen LogP contribution in [0.2, 0.25) is 0 Å². The Hall–Kier alpha value is -1.03. The summed E-state index contributed by atoms with van der Waals surface area (Å²) in [6, 6.07) is -1.27. The van der Waals surface area contributed by atoms with Gasteiger partial charge in [-0.3, -0.25) is 14.1 Å². The molecule has 0 fully saturated rings. The maximum Gasteiger partial charge on any atom is 0.303 e. The Morgan fingerprint density at radius 2 is 1.81 bits per heavy atom. The van der Waals surface area contributed by atoms with E-state index in [-0.39, 0.29) is 12.8 Å². The molecule has 9 heteroatoms. The van der Waals surface area contributed by atoms with Crippen LogP contribution in [0, 0.1) is 0 Å². The summed E-state index contributed by atoms with van der Waals surface area (Å²) >= 11 is 0. The standard InChI is InChI=1S/C7H14N2O6S/c8-3-5(16(13,14)15)7(12)4(9)1-2-6(10)11/h4-5H,1-3,8-9H2,(H,10,11)(H,13,14,15)/t4-,5?/m1/s1. The van der Waals surface area contributed by atoms with Crippen molar-refractivity contribution in [1.82, 2.24) is 0 Å². The first kappa shape index (κ1) is 15.0. The van der Waals surface area contributed by atoms with Gasteiger partial charge in [-0.15, -0.1) is 0 Å². The Balaban J connectivity index is 4.58. The fourth-order valence-electron chi connectivity index (χ4n) is 1.04. The van der Waals surface area contributed by atoms with E-state index in [2.05, 4.69) is 0 Å². The minimum Gasteiger partial charge on any atom is -0.481 e. The summed E-state index contributed by atoms with van der Waals surface area (Å²) in [6.45, 7) is -0.599. The second-order valence-electron chi connectivity index (χ2n) is 3.18. The second kappa shape index (κ2) is 5.89. The van der Waals surface area contributed by atoms with Gasteiger partial charge in [0, 0.05) is 13.0 Å². The Labute approximate surface area is 92.4 Å². The molecule has 0 saturated heterocycles. The molecule has 0 bridgehead atoms. The molecule has 94 valence electrons. The predicted molar refractivity (Wildman–Crippen MR) is 54.2 cm³/mol. The van der Waals surface area contributed by atoms with E-state index in [1.807, 2.05) is 0 Å². The summed E-state index contributed by atoms with van der Waals surface area (Å²) in [5.74, 6) is -2.13. The maximum atomic E-state index is 11.4. The van der Waals surface area contributed by atoms with E-state index in [0.29, 0.717) is 0 Å². The minimum absolute atomic E-state index is 0.208. The van der Waals surface area contributed by atoms with Gasteiger partial charge in [0.1, 0.15) is 0 Å². The molecule has 0 saturated carbocycles. The van der Waals surface area contributed by atoms with Crippen molar-refractivity contribution in [3.8, 4) is 0 Å². The topological polar surface area (TPSA) is 161 Å². The van der Waals surface area contributed by atoms with Gasteiger partial charge >= 0.3 is 5.97 Å². The molecule has 0 spiro atoms. The molecular weight excluding hydrogens is 240 g/mol. The second-order valence-corrected chi connectivity index (χ2v) is 4.78. The van der Waals surface area contributed by atoms with Gasteiger partial charge in [0.05, 0.1) is 6.04 Å². The van der Waals surface area contributed by atoms with Crippen LogP contribution in [0.5, 0.6) is 0 Å².